The number of nitrogens with one attached hydrogen (secondary N) is 1. The van der Waals surface area contributed by atoms with Crippen LogP contribution in [0.4, 0.5) is 0 Å². The summed E-state index contributed by atoms with van der Waals surface area (Å²) < 4.78 is 9.02. The first-order chi connectivity index (χ1) is 14.7. The lowest BCUT2D eigenvalue weighted by Gasteiger charge is -2.08. The number of aromatic nitrogens is 5. The maximum atomic E-state index is 12.2. The first kappa shape index (κ1) is 20.0. The van der Waals surface area contributed by atoms with Gasteiger partial charge >= 0.3 is 0 Å². The van der Waals surface area contributed by atoms with Crippen LogP contribution in [0.1, 0.15) is 12.7 Å². The quantitative estimate of drug-likeness (QED) is 0.438. The van der Waals surface area contributed by atoms with Gasteiger partial charge in [-0.05, 0) is 19.1 Å². The zero-order valence-electron chi connectivity index (χ0n) is 16.8. The second-order valence-electron chi connectivity index (χ2n) is 6.63. The predicted molar refractivity (Wildman–Crippen MR) is 115 cm³/mol. The summed E-state index contributed by atoms with van der Waals surface area (Å²) in [5, 5.41) is 16.9. The number of rotatable bonds is 8. The summed E-state index contributed by atoms with van der Waals surface area (Å²) in [5.41, 5.74) is 2.78. The van der Waals surface area contributed by atoms with E-state index in [-0.39, 0.29) is 11.7 Å². The molecule has 9 heteroatoms. The molecule has 3 heterocycles. The van der Waals surface area contributed by atoms with Gasteiger partial charge in [-0.1, -0.05) is 42.1 Å². The molecule has 0 atom stereocenters. The molecule has 0 unspecified atom stereocenters. The molecule has 154 valence electrons. The zero-order chi connectivity index (χ0) is 20.9. The van der Waals surface area contributed by atoms with Gasteiger partial charge in [0.25, 0.3) is 0 Å². The third kappa shape index (κ3) is 4.30. The summed E-state index contributed by atoms with van der Waals surface area (Å²) in [6.07, 6.45) is 3.53. The Morgan fingerprint density at radius 1 is 1.17 bits per heavy atom. The second kappa shape index (κ2) is 9.00. The summed E-state index contributed by atoms with van der Waals surface area (Å²) in [4.78, 5) is 12.2. The van der Waals surface area contributed by atoms with Crippen LogP contribution in [-0.4, -0.2) is 36.2 Å². The normalized spacial score (nSPS) is 11.0. The van der Waals surface area contributed by atoms with E-state index in [9.17, 15) is 4.79 Å². The van der Waals surface area contributed by atoms with E-state index in [1.807, 2.05) is 61.1 Å². The van der Waals surface area contributed by atoms with Crippen LogP contribution in [-0.2, 0) is 24.9 Å². The molecular weight excluding hydrogens is 400 g/mol. The molecule has 0 aliphatic rings. The maximum absolute atomic E-state index is 12.2. The molecule has 8 nitrogen and oxygen atoms in total. The topological polar surface area (TPSA) is 90.8 Å². The van der Waals surface area contributed by atoms with E-state index in [0.29, 0.717) is 18.2 Å². The Labute approximate surface area is 178 Å². The Morgan fingerprint density at radius 2 is 2.00 bits per heavy atom. The maximum Gasteiger partial charge on any atom is 0.230 e. The van der Waals surface area contributed by atoms with E-state index in [0.717, 1.165) is 28.4 Å². The van der Waals surface area contributed by atoms with Crippen LogP contribution >= 0.6 is 11.8 Å². The molecule has 1 amide bonds. The van der Waals surface area contributed by atoms with E-state index >= 15 is 0 Å². The van der Waals surface area contributed by atoms with Crippen molar-refractivity contribution in [1.82, 2.24) is 29.9 Å². The molecule has 3 aromatic heterocycles. The van der Waals surface area contributed by atoms with Crippen molar-refractivity contribution >= 4 is 17.7 Å². The summed E-state index contributed by atoms with van der Waals surface area (Å²) >= 11 is 1.36. The van der Waals surface area contributed by atoms with Crippen molar-refractivity contribution in [2.75, 3.05) is 5.75 Å². The first-order valence-corrected chi connectivity index (χ1v) is 10.6. The van der Waals surface area contributed by atoms with E-state index in [1.165, 1.54) is 11.8 Å². The highest BCUT2D eigenvalue weighted by Crippen LogP contribution is 2.31. The van der Waals surface area contributed by atoms with Crippen molar-refractivity contribution in [3.63, 3.8) is 0 Å². The Balaban J connectivity index is 1.51. The molecule has 0 radical (unpaired) electrons. The van der Waals surface area contributed by atoms with Gasteiger partial charge in [0, 0.05) is 25.4 Å². The van der Waals surface area contributed by atoms with Crippen molar-refractivity contribution < 1.29 is 9.21 Å². The minimum atomic E-state index is -0.0880. The van der Waals surface area contributed by atoms with Gasteiger partial charge in [0.05, 0.1) is 24.1 Å². The number of benzene rings is 1. The van der Waals surface area contributed by atoms with Crippen molar-refractivity contribution in [2.45, 2.75) is 25.2 Å². The van der Waals surface area contributed by atoms with Crippen molar-refractivity contribution in [3.05, 3.63) is 60.7 Å². The molecule has 0 fully saturated rings. The van der Waals surface area contributed by atoms with Crippen LogP contribution in [0.15, 0.2) is 64.5 Å². The molecule has 0 saturated carbocycles. The van der Waals surface area contributed by atoms with Crippen LogP contribution in [0.5, 0.6) is 0 Å². The van der Waals surface area contributed by atoms with Crippen molar-refractivity contribution in [1.29, 1.82) is 0 Å². The van der Waals surface area contributed by atoms with Gasteiger partial charge in [0.2, 0.25) is 5.91 Å². The Kier molecular flexibility index (Phi) is 5.99. The Morgan fingerprint density at radius 3 is 2.73 bits per heavy atom. The van der Waals surface area contributed by atoms with Gasteiger partial charge in [-0.25, -0.2) is 0 Å². The minimum Gasteiger partial charge on any atom is -0.467 e. The monoisotopic (exact) mass is 422 g/mol. The van der Waals surface area contributed by atoms with Crippen LogP contribution < -0.4 is 5.32 Å². The first-order valence-electron chi connectivity index (χ1n) is 9.60. The standard InChI is InChI=1S/C21H22N6O2S/c1-3-27-20(17-13-26(2)25-19(17)15-8-5-4-6-9-15)23-24-21(27)30-14-18(28)22-12-16-10-7-11-29-16/h4-11,13H,3,12,14H2,1-2H3,(H,22,28). The number of thioether (sulfide) groups is 1. The number of hydrogen-bond acceptors (Lipinski definition) is 6. The largest absolute Gasteiger partial charge is 0.467 e. The second-order valence-corrected chi connectivity index (χ2v) is 7.57. The lowest BCUT2D eigenvalue weighted by atomic mass is 10.1. The van der Waals surface area contributed by atoms with Crippen LogP contribution in [0.25, 0.3) is 22.6 Å². The fraction of sp³-hybridized carbons (Fsp3) is 0.238. The molecule has 1 aromatic carbocycles. The lowest BCUT2D eigenvalue weighted by molar-refractivity contribution is -0.118. The molecule has 4 rings (SSSR count). The van der Waals surface area contributed by atoms with Crippen LogP contribution in [0, 0.1) is 0 Å². The molecule has 30 heavy (non-hydrogen) atoms. The molecule has 0 aliphatic carbocycles. The SMILES string of the molecule is CCn1c(SCC(=O)NCc2ccco2)nnc1-c1cn(C)nc1-c1ccccc1. The predicted octanol–water partition coefficient (Wildman–Crippen LogP) is 3.37. The highest BCUT2D eigenvalue weighted by Gasteiger charge is 2.20. The molecule has 0 bridgehead atoms. The molecule has 0 aliphatic heterocycles. The molecule has 0 saturated heterocycles. The van der Waals surface area contributed by atoms with E-state index < -0.39 is 0 Å². The van der Waals surface area contributed by atoms with Crippen LogP contribution in [0.3, 0.4) is 0 Å². The van der Waals surface area contributed by atoms with Gasteiger partial charge in [0.15, 0.2) is 11.0 Å². The molecule has 4 aromatic rings. The third-order valence-electron chi connectivity index (χ3n) is 4.52. The van der Waals surface area contributed by atoms with E-state index in [2.05, 4.69) is 20.6 Å². The average molecular weight is 423 g/mol. The summed E-state index contributed by atoms with van der Waals surface area (Å²) in [6, 6.07) is 13.6. The number of furan rings is 1. The summed E-state index contributed by atoms with van der Waals surface area (Å²) in [6.45, 7) is 3.09. The number of amides is 1. The number of carbonyl (C=O) groups is 1. The van der Waals surface area contributed by atoms with Gasteiger partial charge < -0.3 is 14.3 Å². The van der Waals surface area contributed by atoms with Gasteiger partial charge in [0.1, 0.15) is 11.5 Å². The van der Waals surface area contributed by atoms with Crippen molar-refractivity contribution in [2.24, 2.45) is 7.05 Å². The number of hydrogen-bond donors (Lipinski definition) is 1. The number of carbonyl (C=O) groups excluding carboxylic acids is 1. The lowest BCUT2D eigenvalue weighted by Crippen LogP contribution is -2.24. The summed E-state index contributed by atoms with van der Waals surface area (Å²) in [5.74, 6) is 1.62. The van der Waals surface area contributed by atoms with E-state index in [4.69, 9.17) is 4.42 Å². The minimum absolute atomic E-state index is 0.0880. The number of nitrogens with zero attached hydrogens (tertiary/aromatic N) is 5. The molecule has 1 N–H and O–H groups in total. The Hall–Kier alpha value is -3.33. The summed E-state index contributed by atoms with van der Waals surface area (Å²) in [7, 11) is 1.89. The van der Waals surface area contributed by atoms with Gasteiger partial charge in [-0.3, -0.25) is 9.48 Å². The van der Waals surface area contributed by atoms with Crippen LogP contribution in [0.2, 0.25) is 0 Å². The smallest absolute Gasteiger partial charge is 0.230 e. The third-order valence-corrected chi connectivity index (χ3v) is 5.49. The average Bonchev–Trinajstić information content (AvgIpc) is 3.50. The fourth-order valence-electron chi connectivity index (χ4n) is 3.12. The molecular formula is C21H22N6O2S. The molecule has 0 spiro atoms. The van der Waals surface area contributed by atoms with Gasteiger partial charge in [-0.15, -0.1) is 10.2 Å². The zero-order valence-corrected chi connectivity index (χ0v) is 17.6. The highest BCUT2D eigenvalue weighted by molar-refractivity contribution is 7.99. The van der Waals surface area contributed by atoms with E-state index in [1.54, 1.807) is 17.0 Å². The van der Waals surface area contributed by atoms with Crippen molar-refractivity contribution in [3.8, 4) is 22.6 Å². The van der Waals surface area contributed by atoms with Gasteiger partial charge in [-0.2, -0.15) is 5.10 Å². The number of aryl methyl sites for hydroxylation is 1. The Bertz CT molecular complexity index is 1120. The highest BCUT2D eigenvalue weighted by atomic mass is 32.2. The fourth-order valence-corrected chi connectivity index (χ4v) is 3.95.